The van der Waals surface area contributed by atoms with Gasteiger partial charge in [0, 0.05) is 54.4 Å². The molecule has 2 fully saturated rings. The second kappa shape index (κ2) is 21.9. The van der Waals surface area contributed by atoms with Crippen LogP contribution in [0.1, 0.15) is 64.4 Å². The molecular formula is C47H55N7O10S. The van der Waals surface area contributed by atoms with Crippen molar-refractivity contribution in [2.24, 2.45) is 11.7 Å². The topological polar surface area (TPSA) is 206 Å². The molecule has 4 aliphatic heterocycles. The van der Waals surface area contributed by atoms with E-state index in [0.29, 0.717) is 113 Å². The molecule has 65 heavy (non-hydrogen) atoms. The van der Waals surface area contributed by atoms with E-state index in [9.17, 15) is 24.0 Å². The lowest BCUT2D eigenvalue weighted by atomic mass is 9.87. The Morgan fingerprint density at radius 1 is 0.785 bits per heavy atom. The Morgan fingerprint density at radius 3 is 2.18 bits per heavy atom. The van der Waals surface area contributed by atoms with Crippen molar-refractivity contribution in [3.63, 3.8) is 0 Å². The summed E-state index contributed by atoms with van der Waals surface area (Å²) in [4.78, 5) is 67.2. The molecule has 0 spiro atoms. The SMILES string of the molecule is NC(=O)c1c(-c2ccc(Oc3ccccc3)cc2)nn2c1NCCC2C1CCN(C(=O)COCCOCCOCCOCCSc2cccc3c2CN(C2CCC(=O)NC2=O)C3=O)CC1. The van der Waals surface area contributed by atoms with Crippen LogP contribution in [0.25, 0.3) is 11.3 Å². The number of primary amides is 1. The van der Waals surface area contributed by atoms with E-state index >= 15 is 0 Å². The van der Waals surface area contributed by atoms with Crippen LogP contribution in [0.4, 0.5) is 5.82 Å². The highest BCUT2D eigenvalue weighted by Crippen LogP contribution is 2.40. The first-order valence-electron chi connectivity index (χ1n) is 22.2. The number of nitrogens with zero attached hydrogens (tertiary/aromatic N) is 4. The third-order valence-electron chi connectivity index (χ3n) is 12.1. The molecule has 4 aromatic rings. The summed E-state index contributed by atoms with van der Waals surface area (Å²) >= 11 is 1.60. The van der Waals surface area contributed by atoms with Gasteiger partial charge in [0.1, 0.15) is 41.2 Å². The minimum atomic E-state index is -0.638. The molecule has 5 heterocycles. The quantitative estimate of drug-likeness (QED) is 0.0592. The smallest absolute Gasteiger partial charge is 0.255 e. The number of carbonyl (C=O) groups is 5. The fourth-order valence-corrected chi connectivity index (χ4v) is 9.77. The summed E-state index contributed by atoms with van der Waals surface area (Å²) in [5.41, 5.74) is 9.11. The summed E-state index contributed by atoms with van der Waals surface area (Å²) in [6.45, 7) is 5.03. The zero-order valence-corrected chi connectivity index (χ0v) is 37.1. The molecule has 8 rings (SSSR count). The number of nitrogens with two attached hydrogens (primary N) is 1. The monoisotopic (exact) mass is 909 g/mol. The fraction of sp³-hybridized carbons (Fsp3) is 0.447. The molecule has 0 saturated carbocycles. The zero-order chi connectivity index (χ0) is 45.1. The maximum absolute atomic E-state index is 13.1. The van der Waals surface area contributed by atoms with Gasteiger partial charge in [0.15, 0.2) is 0 Å². The van der Waals surface area contributed by atoms with E-state index in [1.165, 1.54) is 0 Å². The molecule has 2 unspecified atom stereocenters. The van der Waals surface area contributed by atoms with Crippen LogP contribution in [0, 0.1) is 5.92 Å². The Labute approximate surface area is 381 Å². The van der Waals surface area contributed by atoms with Crippen LogP contribution in [0.3, 0.4) is 0 Å². The van der Waals surface area contributed by atoms with Crippen LogP contribution in [-0.4, -0.2) is 133 Å². The van der Waals surface area contributed by atoms with Crippen molar-refractivity contribution in [3.05, 3.63) is 89.5 Å². The van der Waals surface area contributed by atoms with E-state index in [-0.39, 0.29) is 42.7 Å². The number of hydrogen-bond acceptors (Lipinski definition) is 13. The number of imide groups is 1. The summed E-state index contributed by atoms with van der Waals surface area (Å²) in [5, 5.41) is 10.7. The van der Waals surface area contributed by atoms with Crippen molar-refractivity contribution in [2.45, 2.75) is 55.6 Å². The molecule has 4 aliphatic rings. The number of para-hydroxylation sites is 1. The lowest BCUT2D eigenvalue weighted by molar-refractivity contribution is -0.138. The van der Waals surface area contributed by atoms with E-state index < -0.39 is 17.9 Å². The summed E-state index contributed by atoms with van der Waals surface area (Å²) in [7, 11) is 0. The number of rotatable bonds is 21. The lowest BCUT2D eigenvalue weighted by Gasteiger charge is -2.38. The maximum Gasteiger partial charge on any atom is 0.255 e. The predicted molar refractivity (Wildman–Crippen MR) is 241 cm³/mol. The second-order valence-electron chi connectivity index (χ2n) is 16.2. The van der Waals surface area contributed by atoms with Crippen molar-refractivity contribution in [2.75, 3.05) is 83.6 Å². The van der Waals surface area contributed by atoms with Crippen molar-refractivity contribution in [1.29, 1.82) is 0 Å². The number of likely N-dealkylation sites (tertiary alicyclic amines) is 1. The summed E-state index contributed by atoms with van der Waals surface area (Å²) in [6.07, 6.45) is 3.02. The molecule has 5 amide bonds. The maximum atomic E-state index is 13.1. The number of amides is 5. The Kier molecular flexibility index (Phi) is 15.4. The number of ether oxygens (including phenoxy) is 5. The molecular weight excluding hydrogens is 855 g/mol. The minimum Gasteiger partial charge on any atom is -0.457 e. The van der Waals surface area contributed by atoms with Gasteiger partial charge in [0.25, 0.3) is 11.8 Å². The molecule has 1 aromatic heterocycles. The molecule has 0 radical (unpaired) electrons. The van der Waals surface area contributed by atoms with E-state index in [1.807, 2.05) is 76.3 Å². The first-order valence-corrected chi connectivity index (χ1v) is 23.2. The van der Waals surface area contributed by atoms with Crippen molar-refractivity contribution >= 4 is 47.1 Å². The van der Waals surface area contributed by atoms with Crippen LogP contribution >= 0.6 is 11.8 Å². The fourth-order valence-electron chi connectivity index (χ4n) is 8.83. The summed E-state index contributed by atoms with van der Waals surface area (Å²) < 4.78 is 30.5. The molecule has 3 aromatic carbocycles. The van der Waals surface area contributed by atoms with Crippen LogP contribution in [-0.2, 0) is 39.9 Å². The molecule has 344 valence electrons. The molecule has 2 saturated heterocycles. The normalized spacial score (nSPS) is 18.6. The highest BCUT2D eigenvalue weighted by molar-refractivity contribution is 7.99. The van der Waals surface area contributed by atoms with Gasteiger partial charge in [-0.1, -0.05) is 24.3 Å². The summed E-state index contributed by atoms with van der Waals surface area (Å²) in [5.74, 6) is 1.51. The van der Waals surface area contributed by atoms with Crippen molar-refractivity contribution in [3.8, 4) is 22.8 Å². The van der Waals surface area contributed by atoms with Gasteiger partial charge in [-0.3, -0.25) is 29.3 Å². The molecule has 2 atom stereocenters. The van der Waals surface area contributed by atoms with Gasteiger partial charge in [0.2, 0.25) is 17.7 Å². The van der Waals surface area contributed by atoms with E-state index in [2.05, 4.69) is 10.6 Å². The van der Waals surface area contributed by atoms with Gasteiger partial charge >= 0.3 is 0 Å². The van der Waals surface area contributed by atoms with Gasteiger partial charge in [-0.05, 0) is 85.7 Å². The number of anilines is 1. The molecule has 18 heteroatoms. The number of hydrogen-bond donors (Lipinski definition) is 3. The molecule has 17 nitrogen and oxygen atoms in total. The Hall–Kier alpha value is -5.79. The first kappa shape index (κ1) is 45.8. The number of thioether (sulfide) groups is 1. The highest BCUT2D eigenvalue weighted by Gasteiger charge is 2.40. The second-order valence-corrected chi connectivity index (χ2v) is 17.4. The largest absolute Gasteiger partial charge is 0.457 e. The van der Waals surface area contributed by atoms with Crippen molar-refractivity contribution < 1.29 is 47.7 Å². The number of nitrogens with one attached hydrogen (secondary N) is 2. The van der Waals surface area contributed by atoms with Gasteiger partial charge in [0.05, 0.1) is 52.3 Å². The van der Waals surface area contributed by atoms with Crippen LogP contribution in [0.15, 0.2) is 77.7 Å². The Bertz CT molecular complexity index is 2320. The first-order chi connectivity index (χ1) is 31.7. The predicted octanol–water partition coefficient (Wildman–Crippen LogP) is 4.66. The third kappa shape index (κ3) is 11.2. The average molecular weight is 910 g/mol. The van der Waals surface area contributed by atoms with Crippen LogP contribution < -0.4 is 21.1 Å². The average Bonchev–Trinajstić information content (AvgIpc) is 3.88. The lowest BCUT2D eigenvalue weighted by Crippen LogP contribution is -2.52. The molecule has 0 bridgehead atoms. The van der Waals surface area contributed by atoms with Crippen LogP contribution in [0.5, 0.6) is 11.5 Å². The Morgan fingerprint density at radius 2 is 1.48 bits per heavy atom. The van der Waals surface area contributed by atoms with E-state index in [0.717, 1.165) is 41.0 Å². The molecule has 0 aliphatic carbocycles. The van der Waals surface area contributed by atoms with E-state index in [1.54, 1.807) is 22.7 Å². The minimum absolute atomic E-state index is 0.0109. The van der Waals surface area contributed by atoms with Gasteiger partial charge in [-0.25, -0.2) is 4.68 Å². The van der Waals surface area contributed by atoms with Gasteiger partial charge in [-0.2, -0.15) is 5.10 Å². The summed E-state index contributed by atoms with van der Waals surface area (Å²) in [6, 6.07) is 22.0. The number of carbonyl (C=O) groups excluding carboxylic acids is 5. The number of aromatic nitrogens is 2. The number of fused-ring (bicyclic) bond motifs is 2. The van der Waals surface area contributed by atoms with Crippen LogP contribution in [0.2, 0.25) is 0 Å². The molecule has 4 N–H and O–H groups in total. The third-order valence-corrected chi connectivity index (χ3v) is 13.2. The standard InChI is InChI=1S/C47H55N7O10S/c48-44(57)42-43(32-9-11-34(12-10-32)64-33-5-2-1-3-6-33)51-54-37(15-18-49-45(42)54)31-16-19-52(20-17-31)41(56)30-63-26-25-61-22-21-60-23-24-62-27-28-65-39-8-4-7-35-36(39)29-53(47(35)59)38-13-14-40(55)50-46(38)58/h1-12,31,37-38,49H,13-30H2,(H2,48,57)(H,50,55,58). The van der Waals surface area contributed by atoms with Crippen molar-refractivity contribution in [1.82, 2.24) is 24.9 Å². The number of piperidine rings is 2. The van der Waals surface area contributed by atoms with E-state index in [4.69, 9.17) is 34.5 Å². The highest BCUT2D eigenvalue weighted by atomic mass is 32.2. The van der Waals surface area contributed by atoms with Gasteiger partial charge < -0.3 is 44.5 Å². The zero-order valence-electron chi connectivity index (χ0n) is 36.2. The number of benzene rings is 3. The Balaban J connectivity index is 0.673. The van der Waals surface area contributed by atoms with Gasteiger partial charge in [-0.15, -0.1) is 11.8 Å².